The molecule has 1 atom stereocenters. The van der Waals surface area contributed by atoms with E-state index in [0.717, 1.165) is 25.7 Å². The molecule has 1 aromatic carbocycles. The molecule has 2 fully saturated rings. The third-order valence-electron chi connectivity index (χ3n) is 4.90. The van der Waals surface area contributed by atoms with Crippen molar-refractivity contribution in [1.29, 1.82) is 0 Å². The van der Waals surface area contributed by atoms with Crippen molar-refractivity contribution in [3.63, 3.8) is 0 Å². The number of carbonyl (C=O) groups excluding carboxylic acids is 2. The lowest BCUT2D eigenvalue weighted by Crippen LogP contribution is -2.46. The van der Waals surface area contributed by atoms with Crippen LogP contribution in [0.4, 0.5) is 5.69 Å². The molecule has 2 aliphatic rings. The lowest BCUT2D eigenvalue weighted by Gasteiger charge is -2.25. The van der Waals surface area contributed by atoms with Crippen LogP contribution in [0.3, 0.4) is 0 Å². The SMILES string of the molecule is Cc1cc(NC(=O)C2CSCN2C(=O)C2CCCC2)ccc1C(=O)O. The van der Waals surface area contributed by atoms with Gasteiger partial charge in [0, 0.05) is 17.4 Å². The molecule has 2 N–H and O–H groups in total. The number of hydrogen-bond acceptors (Lipinski definition) is 4. The molecule has 0 aromatic heterocycles. The van der Waals surface area contributed by atoms with Crippen LogP contribution in [0.25, 0.3) is 0 Å². The van der Waals surface area contributed by atoms with Crippen molar-refractivity contribution < 1.29 is 19.5 Å². The fourth-order valence-electron chi connectivity index (χ4n) is 3.49. The molecule has 134 valence electrons. The minimum atomic E-state index is -0.990. The van der Waals surface area contributed by atoms with Crippen molar-refractivity contribution in [2.75, 3.05) is 16.9 Å². The third-order valence-corrected chi connectivity index (χ3v) is 5.91. The van der Waals surface area contributed by atoms with E-state index in [2.05, 4.69) is 5.32 Å². The molecule has 6 nitrogen and oxygen atoms in total. The van der Waals surface area contributed by atoms with E-state index in [1.54, 1.807) is 35.7 Å². The summed E-state index contributed by atoms with van der Waals surface area (Å²) in [6.45, 7) is 1.69. The van der Waals surface area contributed by atoms with E-state index < -0.39 is 12.0 Å². The number of aryl methyl sites for hydroxylation is 1. The van der Waals surface area contributed by atoms with Crippen molar-refractivity contribution in [2.24, 2.45) is 5.92 Å². The zero-order valence-electron chi connectivity index (χ0n) is 14.2. The summed E-state index contributed by atoms with van der Waals surface area (Å²) in [5.41, 5.74) is 1.36. The van der Waals surface area contributed by atoms with E-state index in [1.165, 1.54) is 6.07 Å². The van der Waals surface area contributed by atoms with Gasteiger partial charge >= 0.3 is 5.97 Å². The van der Waals surface area contributed by atoms with Crippen LogP contribution in [-0.4, -0.2) is 45.5 Å². The van der Waals surface area contributed by atoms with Gasteiger partial charge in [-0.2, -0.15) is 0 Å². The van der Waals surface area contributed by atoms with E-state index >= 15 is 0 Å². The Morgan fingerprint density at radius 2 is 1.96 bits per heavy atom. The minimum Gasteiger partial charge on any atom is -0.478 e. The summed E-state index contributed by atoms with van der Waals surface area (Å²) >= 11 is 1.59. The molecular weight excluding hydrogens is 340 g/mol. The van der Waals surface area contributed by atoms with Crippen molar-refractivity contribution in [3.8, 4) is 0 Å². The van der Waals surface area contributed by atoms with E-state index in [0.29, 0.717) is 22.9 Å². The van der Waals surface area contributed by atoms with Crippen LogP contribution >= 0.6 is 11.8 Å². The standard InChI is InChI=1S/C18H22N2O4S/c1-11-8-13(6-7-14(11)18(23)24)19-16(21)15-9-25-10-20(15)17(22)12-4-2-3-5-12/h6-8,12,15H,2-5,9-10H2,1H3,(H,19,21)(H,23,24). The van der Waals surface area contributed by atoms with Gasteiger partial charge in [0.2, 0.25) is 11.8 Å². The summed E-state index contributed by atoms with van der Waals surface area (Å²) < 4.78 is 0. The fraction of sp³-hybridized carbons (Fsp3) is 0.500. The molecule has 1 heterocycles. The Balaban J connectivity index is 1.68. The lowest BCUT2D eigenvalue weighted by molar-refractivity contribution is -0.139. The normalized spacial score (nSPS) is 20.7. The number of rotatable bonds is 4. The largest absolute Gasteiger partial charge is 0.478 e. The Labute approximate surface area is 151 Å². The Bertz CT molecular complexity index is 700. The van der Waals surface area contributed by atoms with E-state index in [4.69, 9.17) is 5.11 Å². The first-order valence-electron chi connectivity index (χ1n) is 8.50. The molecule has 1 aliphatic carbocycles. The van der Waals surface area contributed by atoms with Crippen LogP contribution in [0.1, 0.15) is 41.6 Å². The maximum absolute atomic E-state index is 12.7. The van der Waals surface area contributed by atoms with Gasteiger partial charge in [0.05, 0.1) is 11.4 Å². The number of amides is 2. The molecule has 25 heavy (non-hydrogen) atoms. The molecule has 3 rings (SSSR count). The van der Waals surface area contributed by atoms with E-state index in [-0.39, 0.29) is 23.3 Å². The van der Waals surface area contributed by atoms with Gasteiger partial charge in [-0.05, 0) is 43.5 Å². The number of aromatic carboxylic acids is 1. The highest BCUT2D eigenvalue weighted by atomic mass is 32.2. The molecule has 0 bridgehead atoms. The van der Waals surface area contributed by atoms with Gasteiger partial charge in [-0.15, -0.1) is 11.8 Å². The summed E-state index contributed by atoms with van der Waals surface area (Å²) in [7, 11) is 0. The summed E-state index contributed by atoms with van der Waals surface area (Å²) in [6.07, 6.45) is 4.02. The average molecular weight is 362 g/mol. The molecule has 7 heteroatoms. The molecule has 2 amide bonds. The predicted molar refractivity (Wildman–Crippen MR) is 96.7 cm³/mol. The van der Waals surface area contributed by atoms with Gasteiger partial charge in [0.15, 0.2) is 0 Å². The highest BCUT2D eigenvalue weighted by Gasteiger charge is 2.38. The van der Waals surface area contributed by atoms with Gasteiger partial charge in [-0.1, -0.05) is 12.8 Å². The second-order valence-corrected chi connectivity index (χ2v) is 7.63. The van der Waals surface area contributed by atoms with Crippen LogP contribution in [-0.2, 0) is 9.59 Å². The number of nitrogens with zero attached hydrogens (tertiary/aromatic N) is 1. The first-order chi connectivity index (χ1) is 12.0. The van der Waals surface area contributed by atoms with Crippen molar-refractivity contribution in [2.45, 2.75) is 38.6 Å². The fourth-order valence-corrected chi connectivity index (χ4v) is 4.66. The summed E-state index contributed by atoms with van der Waals surface area (Å²) in [5, 5.41) is 11.9. The molecule has 1 unspecified atom stereocenters. The van der Waals surface area contributed by atoms with Crippen LogP contribution in [0.15, 0.2) is 18.2 Å². The van der Waals surface area contributed by atoms with Gasteiger partial charge in [-0.3, -0.25) is 9.59 Å². The number of benzene rings is 1. The molecule has 0 spiro atoms. The molecule has 1 saturated carbocycles. The summed E-state index contributed by atoms with van der Waals surface area (Å²) in [6, 6.07) is 4.25. The number of carboxylic acid groups (broad SMARTS) is 1. The average Bonchev–Trinajstić information content (AvgIpc) is 3.25. The number of carboxylic acids is 1. The Morgan fingerprint density at radius 1 is 1.24 bits per heavy atom. The minimum absolute atomic E-state index is 0.0612. The highest BCUT2D eigenvalue weighted by Crippen LogP contribution is 2.31. The van der Waals surface area contributed by atoms with Crippen LogP contribution in [0, 0.1) is 12.8 Å². The number of anilines is 1. The molecule has 0 radical (unpaired) electrons. The zero-order chi connectivity index (χ0) is 18.0. The second-order valence-electron chi connectivity index (χ2n) is 6.63. The predicted octanol–water partition coefficient (Wildman–Crippen LogP) is 2.72. The summed E-state index contributed by atoms with van der Waals surface area (Å²) in [4.78, 5) is 38.1. The topological polar surface area (TPSA) is 86.7 Å². The molecule has 1 saturated heterocycles. The van der Waals surface area contributed by atoms with Gasteiger partial charge in [0.1, 0.15) is 6.04 Å². The quantitative estimate of drug-likeness (QED) is 0.860. The maximum Gasteiger partial charge on any atom is 0.335 e. The zero-order valence-corrected chi connectivity index (χ0v) is 15.0. The summed E-state index contributed by atoms with van der Waals surface area (Å²) in [5.74, 6) is 0.113. The smallest absolute Gasteiger partial charge is 0.335 e. The van der Waals surface area contributed by atoms with Gasteiger partial charge in [-0.25, -0.2) is 4.79 Å². The number of nitrogens with one attached hydrogen (secondary N) is 1. The second kappa shape index (κ2) is 7.47. The molecule has 1 aliphatic heterocycles. The van der Waals surface area contributed by atoms with Gasteiger partial charge < -0.3 is 15.3 Å². The third kappa shape index (κ3) is 3.81. The van der Waals surface area contributed by atoms with E-state index in [1.807, 2.05) is 0 Å². The van der Waals surface area contributed by atoms with Crippen LogP contribution in [0.2, 0.25) is 0 Å². The monoisotopic (exact) mass is 362 g/mol. The van der Waals surface area contributed by atoms with Gasteiger partial charge in [0.25, 0.3) is 0 Å². The molecule has 1 aromatic rings. The first kappa shape index (κ1) is 17.8. The highest BCUT2D eigenvalue weighted by molar-refractivity contribution is 7.99. The van der Waals surface area contributed by atoms with E-state index in [9.17, 15) is 14.4 Å². The lowest BCUT2D eigenvalue weighted by atomic mass is 10.1. The maximum atomic E-state index is 12.7. The van der Waals surface area contributed by atoms with Crippen molar-refractivity contribution in [3.05, 3.63) is 29.3 Å². The van der Waals surface area contributed by atoms with Crippen molar-refractivity contribution >= 4 is 35.2 Å². The first-order valence-corrected chi connectivity index (χ1v) is 9.66. The number of hydrogen-bond donors (Lipinski definition) is 2. The number of carbonyl (C=O) groups is 3. The van der Waals surface area contributed by atoms with Crippen molar-refractivity contribution in [1.82, 2.24) is 4.90 Å². The Hall–Kier alpha value is -2.02. The Kier molecular flexibility index (Phi) is 5.32. The van der Waals surface area contributed by atoms with Crippen LogP contribution in [0.5, 0.6) is 0 Å². The number of thioether (sulfide) groups is 1. The molecular formula is C18H22N2O4S. The van der Waals surface area contributed by atoms with Crippen LogP contribution < -0.4 is 5.32 Å². The Morgan fingerprint density at radius 3 is 2.60 bits per heavy atom.